The Morgan fingerprint density at radius 2 is 1.74 bits per heavy atom. The topological polar surface area (TPSA) is 7.12 Å². The Labute approximate surface area is 162 Å². The molecule has 0 saturated heterocycles. The lowest BCUT2D eigenvalue weighted by molar-refractivity contribution is -0.667. The first kappa shape index (κ1) is 17.5. The van der Waals surface area contributed by atoms with Crippen LogP contribution in [0, 0.1) is 0 Å². The van der Waals surface area contributed by atoms with Gasteiger partial charge >= 0.3 is 0 Å². The summed E-state index contributed by atoms with van der Waals surface area (Å²) in [6.45, 7) is 7.77. The summed E-state index contributed by atoms with van der Waals surface area (Å²) in [5.74, 6) is 0. The minimum absolute atomic E-state index is 0.0136. The predicted molar refractivity (Wildman–Crippen MR) is 115 cm³/mol. The van der Waals surface area contributed by atoms with Crippen molar-refractivity contribution in [1.29, 1.82) is 0 Å². The average Bonchev–Trinajstić information content (AvgIpc) is 2.89. The van der Waals surface area contributed by atoms with Crippen molar-refractivity contribution in [3.8, 4) is 0 Å². The van der Waals surface area contributed by atoms with Crippen LogP contribution in [0.25, 0.3) is 17.0 Å². The highest BCUT2D eigenvalue weighted by Crippen LogP contribution is 2.46. The van der Waals surface area contributed by atoms with Gasteiger partial charge in [0.2, 0.25) is 5.52 Å². The normalized spacial score (nSPS) is 17.2. The van der Waals surface area contributed by atoms with Gasteiger partial charge in [-0.2, -0.15) is 4.57 Å². The molecular weight excluding hydrogens is 328 g/mol. The van der Waals surface area contributed by atoms with Gasteiger partial charge in [-0.15, -0.1) is 0 Å². The molecule has 1 aliphatic rings. The van der Waals surface area contributed by atoms with Gasteiger partial charge in [0, 0.05) is 36.0 Å². The number of hydrogen-bond donors (Lipinski definition) is 0. The van der Waals surface area contributed by atoms with Gasteiger partial charge < -0.3 is 4.90 Å². The van der Waals surface area contributed by atoms with Crippen LogP contribution in [0.4, 0.5) is 5.69 Å². The molecule has 1 aliphatic heterocycles. The monoisotopic (exact) mass is 355 g/mol. The third kappa shape index (κ3) is 2.86. The SMILES string of the molecule is CC[n+]1ccc(/C=C/C=C2/N(C)c3ccccc3C2(C)C)c2ccccc21. The molecule has 0 atom stereocenters. The number of pyridine rings is 1. The highest BCUT2D eigenvalue weighted by Gasteiger charge is 2.37. The molecule has 27 heavy (non-hydrogen) atoms. The highest BCUT2D eigenvalue weighted by molar-refractivity contribution is 5.85. The standard InChI is InChI=1S/C25H27N2/c1-5-27-18-17-19(20-12-6-8-14-22(20)27)11-10-16-24-25(2,3)21-13-7-9-15-23(21)26(24)4/h6-18H,5H2,1-4H3/q+1. The molecule has 0 bridgehead atoms. The number of anilines is 1. The summed E-state index contributed by atoms with van der Waals surface area (Å²) in [5.41, 5.74) is 6.56. The Balaban J connectivity index is 1.72. The lowest BCUT2D eigenvalue weighted by Crippen LogP contribution is -2.32. The van der Waals surface area contributed by atoms with Crippen LogP contribution in [0.15, 0.2) is 78.6 Å². The van der Waals surface area contributed by atoms with Gasteiger partial charge in [-0.3, -0.25) is 0 Å². The number of fused-ring (bicyclic) bond motifs is 2. The minimum atomic E-state index is 0.0136. The van der Waals surface area contributed by atoms with E-state index in [-0.39, 0.29) is 5.41 Å². The van der Waals surface area contributed by atoms with Crippen LogP contribution in [-0.2, 0) is 12.0 Å². The summed E-state index contributed by atoms with van der Waals surface area (Å²) >= 11 is 0. The number of nitrogens with zero attached hydrogens (tertiary/aromatic N) is 2. The number of aryl methyl sites for hydroxylation is 1. The lowest BCUT2D eigenvalue weighted by atomic mass is 9.84. The molecule has 4 rings (SSSR count). The number of likely N-dealkylation sites (N-methyl/N-ethyl adjacent to an activating group) is 1. The fourth-order valence-corrected chi connectivity index (χ4v) is 4.27. The minimum Gasteiger partial charge on any atom is -0.347 e. The van der Waals surface area contributed by atoms with E-state index in [1.54, 1.807) is 0 Å². The van der Waals surface area contributed by atoms with E-state index >= 15 is 0 Å². The second-order valence-electron chi connectivity index (χ2n) is 7.69. The molecule has 2 heterocycles. The summed E-state index contributed by atoms with van der Waals surface area (Å²) in [5, 5.41) is 1.29. The summed E-state index contributed by atoms with van der Waals surface area (Å²) in [7, 11) is 2.16. The molecule has 136 valence electrons. The van der Waals surface area contributed by atoms with Gasteiger partial charge in [0.1, 0.15) is 6.54 Å². The van der Waals surface area contributed by atoms with Crippen LogP contribution in [0.2, 0.25) is 0 Å². The maximum Gasteiger partial charge on any atom is 0.213 e. The van der Waals surface area contributed by atoms with Crippen LogP contribution in [0.3, 0.4) is 0 Å². The van der Waals surface area contributed by atoms with Crippen LogP contribution in [0.1, 0.15) is 31.9 Å². The van der Waals surface area contributed by atoms with Crippen LogP contribution in [-0.4, -0.2) is 7.05 Å². The van der Waals surface area contributed by atoms with E-state index in [4.69, 9.17) is 0 Å². The van der Waals surface area contributed by atoms with Crippen LogP contribution < -0.4 is 9.47 Å². The molecule has 2 aromatic carbocycles. The molecule has 0 fully saturated rings. The highest BCUT2D eigenvalue weighted by atomic mass is 15.2. The van der Waals surface area contributed by atoms with Gasteiger partial charge in [0.05, 0.1) is 5.39 Å². The second kappa shape index (κ2) is 6.70. The van der Waals surface area contributed by atoms with E-state index in [2.05, 4.69) is 116 Å². The van der Waals surface area contributed by atoms with Gasteiger partial charge in [-0.1, -0.05) is 56.3 Å². The Bertz CT molecular complexity index is 1060. The lowest BCUT2D eigenvalue weighted by Gasteiger charge is -2.23. The van der Waals surface area contributed by atoms with Crippen molar-refractivity contribution in [3.63, 3.8) is 0 Å². The van der Waals surface area contributed by atoms with Crippen molar-refractivity contribution in [1.82, 2.24) is 0 Å². The van der Waals surface area contributed by atoms with E-state index < -0.39 is 0 Å². The van der Waals surface area contributed by atoms with Gasteiger partial charge in [0.15, 0.2) is 6.20 Å². The first-order valence-corrected chi connectivity index (χ1v) is 9.67. The van der Waals surface area contributed by atoms with Crippen LogP contribution >= 0.6 is 0 Å². The second-order valence-corrected chi connectivity index (χ2v) is 7.69. The number of allylic oxidation sites excluding steroid dienone is 3. The zero-order valence-corrected chi connectivity index (χ0v) is 16.6. The average molecular weight is 356 g/mol. The first-order chi connectivity index (χ1) is 13.0. The van der Waals surface area contributed by atoms with Gasteiger partial charge in [-0.25, -0.2) is 0 Å². The summed E-state index contributed by atoms with van der Waals surface area (Å²) in [6, 6.07) is 19.5. The Morgan fingerprint density at radius 3 is 2.52 bits per heavy atom. The number of para-hydroxylation sites is 2. The molecule has 0 radical (unpaired) electrons. The molecule has 0 aliphatic carbocycles. The molecule has 0 saturated carbocycles. The molecule has 0 amide bonds. The van der Waals surface area contributed by atoms with Crippen molar-refractivity contribution in [3.05, 3.63) is 89.8 Å². The maximum atomic E-state index is 2.31. The van der Waals surface area contributed by atoms with Gasteiger partial charge in [-0.05, 0) is 36.3 Å². The number of rotatable bonds is 3. The fourth-order valence-electron chi connectivity index (χ4n) is 4.27. The van der Waals surface area contributed by atoms with Crippen LogP contribution in [0.5, 0.6) is 0 Å². The molecule has 2 nitrogen and oxygen atoms in total. The summed E-state index contributed by atoms with van der Waals surface area (Å²) < 4.78 is 2.29. The summed E-state index contributed by atoms with van der Waals surface area (Å²) in [6.07, 6.45) is 8.85. The van der Waals surface area contributed by atoms with Crippen molar-refractivity contribution in [2.24, 2.45) is 0 Å². The third-order valence-corrected chi connectivity index (χ3v) is 5.77. The zero-order valence-electron chi connectivity index (χ0n) is 16.6. The van der Waals surface area contributed by atoms with Crippen molar-refractivity contribution >= 4 is 22.7 Å². The van der Waals surface area contributed by atoms with E-state index in [9.17, 15) is 0 Å². The van der Waals surface area contributed by atoms with Crippen molar-refractivity contribution < 1.29 is 4.57 Å². The number of hydrogen-bond acceptors (Lipinski definition) is 1. The quantitative estimate of drug-likeness (QED) is 0.565. The van der Waals surface area contributed by atoms with E-state index in [1.807, 2.05) is 0 Å². The molecule has 0 unspecified atom stereocenters. The molecule has 2 heteroatoms. The molecule has 0 spiro atoms. The van der Waals surface area contributed by atoms with Crippen molar-refractivity contribution in [2.45, 2.75) is 32.7 Å². The third-order valence-electron chi connectivity index (χ3n) is 5.77. The molecule has 1 aromatic heterocycles. The van der Waals surface area contributed by atoms with E-state index in [0.717, 1.165) is 6.54 Å². The smallest absolute Gasteiger partial charge is 0.213 e. The summed E-state index contributed by atoms with van der Waals surface area (Å²) in [4.78, 5) is 2.31. The number of benzene rings is 2. The fraction of sp³-hybridized carbons (Fsp3) is 0.240. The largest absolute Gasteiger partial charge is 0.347 e. The number of aromatic nitrogens is 1. The van der Waals surface area contributed by atoms with Crippen molar-refractivity contribution in [2.75, 3.05) is 11.9 Å². The van der Waals surface area contributed by atoms with E-state index in [1.165, 1.54) is 33.4 Å². The molecular formula is C25H27N2+. The van der Waals surface area contributed by atoms with Gasteiger partial charge in [0.25, 0.3) is 0 Å². The van der Waals surface area contributed by atoms with E-state index in [0.29, 0.717) is 0 Å². The maximum absolute atomic E-state index is 2.31. The molecule has 3 aromatic rings. The first-order valence-electron chi connectivity index (χ1n) is 9.67. The Kier molecular flexibility index (Phi) is 4.35. The predicted octanol–water partition coefficient (Wildman–Crippen LogP) is 5.47. The Hall–Kier alpha value is -2.87. The zero-order chi connectivity index (χ0) is 19.0. The molecule has 0 N–H and O–H groups in total. The Morgan fingerprint density at radius 1 is 1.00 bits per heavy atom.